The zero-order valence-corrected chi connectivity index (χ0v) is 22.0. The topological polar surface area (TPSA) is 54.4 Å². The molecule has 0 aliphatic heterocycles. The lowest BCUT2D eigenvalue weighted by atomic mass is 9.46. The minimum Gasteiger partial charge on any atom is -0.393 e. The molecule has 0 unspecified atom stereocenters. The number of aliphatic hydroxyl groups is 1. The smallest absolute Gasteiger partial charge is 0.159 e. The van der Waals surface area contributed by atoms with Gasteiger partial charge in [0.25, 0.3) is 0 Å². The van der Waals surface area contributed by atoms with E-state index in [0.717, 1.165) is 36.7 Å². The van der Waals surface area contributed by atoms with Crippen molar-refractivity contribution in [3.63, 3.8) is 0 Å². The Morgan fingerprint density at radius 2 is 1.70 bits per heavy atom. The van der Waals surface area contributed by atoms with Gasteiger partial charge in [0.1, 0.15) is 5.78 Å². The van der Waals surface area contributed by atoms with Gasteiger partial charge in [-0.1, -0.05) is 54.0 Å². The highest BCUT2D eigenvalue weighted by atomic mass is 16.3. The van der Waals surface area contributed by atoms with Crippen molar-refractivity contribution >= 4 is 11.6 Å². The Bertz CT molecular complexity index is 887. The summed E-state index contributed by atoms with van der Waals surface area (Å²) in [5.41, 5.74) is 1.19. The van der Waals surface area contributed by atoms with E-state index >= 15 is 0 Å². The number of allylic oxidation sites excluding steroid dienone is 1. The van der Waals surface area contributed by atoms with E-state index in [9.17, 15) is 14.7 Å². The molecule has 5 aliphatic rings. The van der Waals surface area contributed by atoms with Crippen LogP contribution in [0.5, 0.6) is 0 Å². The summed E-state index contributed by atoms with van der Waals surface area (Å²) < 4.78 is 0. The van der Waals surface area contributed by atoms with Gasteiger partial charge in [-0.3, -0.25) is 9.59 Å². The van der Waals surface area contributed by atoms with Crippen LogP contribution in [-0.2, 0) is 9.59 Å². The second kappa shape index (κ2) is 7.52. The molecule has 0 bridgehead atoms. The lowest BCUT2D eigenvalue weighted by molar-refractivity contribution is -0.153. The first kappa shape index (κ1) is 23.8. The molecule has 3 nitrogen and oxygen atoms in total. The molecule has 0 radical (unpaired) electrons. The summed E-state index contributed by atoms with van der Waals surface area (Å²) in [6.07, 6.45) is 7.86. The largest absolute Gasteiger partial charge is 0.393 e. The van der Waals surface area contributed by atoms with Gasteiger partial charge in [0.05, 0.1) is 6.10 Å². The van der Waals surface area contributed by atoms with Crippen molar-refractivity contribution in [3.05, 3.63) is 11.6 Å². The van der Waals surface area contributed by atoms with Gasteiger partial charge in [-0.15, -0.1) is 0 Å². The number of aliphatic hydroxyl groups excluding tert-OH is 1. The fourth-order valence-electron chi connectivity index (χ4n) is 9.87. The second-order valence-corrected chi connectivity index (χ2v) is 14.0. The first-order valence-corrected chi connectivity index (χ1v) is 13.8. The summed E-state index contributed by atoms with van der Waals surface area (Å²) in [6, 6.07) is 0. The molecule has 0 spiro atoms. The number of ketones is 2. The van der Waals surface area contributed by atoms with Crippen LogP contribution in [0.2, 0.25) is 0 Å². The molecule has 11 atom stereocenters. The standard InChI is InChI=1S/C30H46O3/c1-16(2)18(4)29(6)14-23(29)17(3)21-8-9-22-26-24(32)13-19-12-20(31)10-11-28(19,5)27(26)25(33)15-30(21,22)7/h13,16-18,20-23,26-27,31H,8-12,14-15H2,1-7H3/t17-,18+,20-,21+,22-,23+,26+,27-,28-,29+,30+/m0/s1. The summed E-state index contributed by atoms with van der Waals surface area (Å²) >= 11 is 0. The van der Waals surface area contributed by atoms with Crippen molar-refractivity contribution in [1.29, 1.82) is 0 Å². The van der Waals surface area contributed by atoms with E-state index in [2.05, 4.69) is 48.5 Å². The monoisotopic (exact) mass is 454 g/mol. The second-order valence-electron chi connectivity index (χ2n) is 14.0. The average Bonchev–Trinajstić information content (AvgIpc) is 3.31. The molecule has 1 N–H and O–H groups in total. The minimum atomic E-state index is -0.365. The predicted octanol–water partition coefficient (Wildman–Crippen LogP) is 6.24. The van der Waals surface area contributed by atoms with E-state index in [0.29, 0.717) is 47.7 Å². The number of carbonyl (C=O) groups is 2. The van der Waals surface area contributed by atoms with Crippen LogP contribution in [0.1, 0.15) is 93.4 Å². The van der Waals surface area contributed by atoms with Gasteiger partial charge < -0.3 is 5.11 Å². The van der Waals surface area contributed by atoms with Gasteiger partial charge in [0.15, 0.2) is 5.78 Å². The molecule has 33 heavy (non-hydrogen) atoms. The molecule has 0 amide bonds. The molecule has 3 heteroatoms. The fraction of sp³-hybridized carbons (Fsp3) is 0.867. The Morgan fingerprint density at radius 1 is 1.00 bits per heavy atom. The highest BCUT2D eigenvalue weighted by Gasteiger charge is 2.66. The maximum absolute atomic E-state index is 13.9. The van der Waals surface area contributed by atoms with Crippen LogP contribution in [0, 0.1) is 63.6 Å². The number of hydrogen-bond donors (Lipinski definition) is 1. The average molecular weight is 455 g/mol. The van der Waals surface area contributed by atoms with Crippen LogP contribution in [0.15, 0.2) is 11.6 Å². The number of Topliss-reactive ketones (excluding diaryl/α,β-unsaturated/α-hetero) is 1. The third-order valence-electron chi connectivity index (χ3n) is 12.4. The van der Waals surface area contributed by atoms with Gasteiger partial charge in [0, 0.05) is 18.3 Å². The summed E-state index contributed by atoms with van der Waals surface area (Å²) in [4.78, 5) is 27.4. The quantitative estimate of drug-likeness (QED) is 0.547. The molecular formula is C30H46O3. The van der Waals surface area contributed by atoms with Crippen molar-refractivity contribution in [2.24, 2.45) is 63.6 Å². The van der Waals surface area contributed by atoms with Crippen molar-refractivity contribution in [2.45, 2.75) is 99.5 Å². The van der Waals surface area contributed by atoms with Gasteiger partial charge in [-0.2, -0.15) is 0 Å². The number of fused-ring (bicyclic) bond motifs is 5. The summed E-state index contributed by atoms with van der Waals surface area (Å²) in [7, 11) is 0. The zero-order valence-electron chi connectivity index (χ0n) is 22.0. The lowest BCUT2D eigenvalue weighted by Crippen LogP contribution is -2.57. The first-order valence-electron chi connectivity index (χ1n) is 13.8. The fourth-order valence-corrected chi connectivity index (χ4v) is 9.87. The van der Waals surface area contributed by atoms with E-state index < -0.39 is 0 Å². The third-order valence-corrected chi connectivity index (χ3v) is 12.4. The van der Waals surface area contributed by atoms with Crippen LogP contribution in [0.3, 0.4) is 0 Å². The molecule has 0 aromatic carbocycles. The SMILES string of the molecule is CC(C)[C@@H](C)[C@@]1(C)C[C@@H]1[C@@H](C)[C@H]1CC[C@H]2[C@@H]3C(=O)C=C4C[C@@H](O)CC[C@]4(C)[C@H]3C(=O)C[C@]12C. The van der Waals surface area contributed by atoms with Crippen LogP contribution in [0.4, 0.5) is 0 Å². The molecule has 5 aliphatic carbocycles. The maximum atomic E-state index is 13.9. The lowest BCUT2D eigenvalue weighted by Gasteiger charge is -2.56. The Labute approximate surface area is 201 Å². The summed E-state index contributed by atoms with van der Waals surface area (Å²) in [5, 5.41) is 10.2. The molecule has 0 heterocycles. The maximum Gasteiger partial charge on any atom is 0.159 e. The van der Waals surface area contributed by atoms with Crippen LogP contribution in [0.25, 0.3) is 0 Å². The Hall–Kier alpha value is -0.960. The van der Waals surface area contributed by atoms with E-state index in [-0.39, 0.29) is 34.6 Å². The molecule has 5 rings (SSSR count). The molecule has 4 saturated carbocycles. The van der Waals surface area contributed by atoms with E-state index in [4.69, 9.17) is 0 Å². The highest BCUT2D eigenvalue weighted by molar-refractivity contribution is 6.00. The van der Waals surface area contributed by atoms with Crippen molar-refractivity contribution < 1.29 is 14.7 Å². The Balaban J connectivity index is 1.44. The van der Waals surface area contributed by atoms with Crippen LogP contribution >= 0.6 is 0 Å². The van der Waals surface area contributed by atoms with Crippen molar-refractivity contribution in [2.75, 3.05) is 0 Å². The van der Waals surface area contributed by atoms with Gasteiger partial charge in [0.2, 0.25) is 0 Å². The Kier molecular flexibility index (Phi) is 5.41. The molecule has 0 saturated heterocycles. The van der Waals surface area contributed by atoms with Crippen LogP contribution in [-0.4, -0.2) is 22.8 Å². The van der Waals surface area contributed by atoms with Crippen molar-refractivity contribution in [1.82, 2.24) is 0 Å². The zero-order chi connectivity index (χ0) is 24.1. The molecular weight excluding hydrogens is 408 g/mol. The summed E-state index contributed by atoms with van der Waals surface area (Å²) in [5.74, 6) is 3.86. The van der Waals surface area contributed by atoms with Gasteiger partial charge in [-0.05, 0) is 96.4 Å². The Morgan fingerprint density at radius 3 is 2.36 bits per heavy atom. The van der Waals surface area contributed by atoms with Crippen molar-refractivity contribution in [3.8, 4) is 0 Å². The minimum absolute atomic E-state index is 0.0478. The van der Waals surface area contributed by atoms with E-state index in [1.165, 1.54) is 12.8 Å². The highest BCUT2D eigenvalue weighted by Crippen LogP contribution is 2.70. The van der Waals surface area contributed by atoms with Gasteiger partial charge in [-0.25, -0.2) is 0 Å². The molecule has 0 aromatic rings. The van der Waals surface area contributed by atoms with E-state index in [1.54, 1.807) is 0 Å². The normalized spacial score (nSPS) is 50.9. The van der Waals surface area contributed by atoms with Gasteiger partial charge >= 0.3 is 0 Å². The van der Waals surface area contributed by atoms with Crippen LogP contribution < -0.4 is 0 Å². The number of rotatable bonds is 4. The number of hydrogen-bond acceptors (Lipinski definition) is 3. The predicted molar refractivity (Wildman–Crippen MR) is 131 cm³/mol. The summed E-state index contributed by atoms with van der Waals surface area (Å²) in [6.45, 7) is 16.7. The molecule has 0 aromatic heterocycles. The van der Waals surface area contributed by atoms with E-state index in [1.807, 2.05) is 6.08 Å². The first-order chi connectivity index (χ1) is 15.3. The number of carbonyl (C=O) groups excluding carboxylic acids is 2. The molecule has 184 valence electrons. The molecule has 4 fully saturated rings. The third kappa shape index (κ3) is 3.23.